The molecule has 1 N–H and O–H groups in total. The van der Waals surface area contributed by atoms with Crippen LogP contribution in [0.1, 0.15) is 58.3 Å². The lowest BCUT2D eigenvalue weighted by Crippen LogP contribution is -2.29. The maximum absolute atomic E-state index is 6.33. The van der Waals surface area contributed by atoms with Crippen molar-refractivity contribution in [2.24, 2.45) is 0 Å². The van der Waals surface area contributed by atoms with Crippen molar-refractivity contribution in [3.63, 3.8) is 0 Å². The molecule has 0 aromatic carbocycles. The lowest BCUT2D eigenvalue weighted by molar-refractivity contribution is 0.0991. The normalized spacial score (nSPS) is 14.9. The Labute approximate surface area is 121 Å². The Morgan fingerprint density at radius 2 is 2.11 bits per heavy atom. The fraction of sp³-hybridized carbons (Fsp3) is 0.786. The summed E-state index contributed by atoms with van der Waals surface area (Å²) in [7, 11) is 1.74. The molecule has 1 aromatic heterocycles. The number of rotatable bonds is 8. The molecule has 2 atom stereocenters. The van der Waals surface area contributed by atoms with Gasteiger partial charge in [-0.15, -0.1) is 0 Å². The Hall–Kier alpha value is -0.580. The number of aromatic nitrogens is 2. The quantitative estimate of drug-likeness (QED) is 0.794. The van der Waals surface area contributed by atoms with Crippen LogP contribution in [0.3, 0.4) is 0 Å². The highest BCUT2D eigenvalue weighted by molar-refractivity contribution is 6.31. The first kappa shape index (κ1) is 16.5. The predicted octanol–water partition coefficient (Wildman–Crippen LogP) is 3.58. The van der Waals surface area contributed by atoms with Crippen molar-refractivity contribution >= 4 is 11.6 Å². The van der Waals surface area contributed by atoms with E-state index in [9.17, 15) is 0 Å². The van der Waals surface area contributed by atoms with Gasteiger partial charge in [0.05, 0.1) is 29.1 Å². The van der Waals surface area contributed by atoms with Crippen molar-refractivity contribution in [1.29, 1.82) is 0 Å². The third-order valence-electron chi connectivity index (χ3n) is 3.22. The Bertz CT molecular complexity index is 379. The fourth-order valence-corrected chi connectivity index (χ4v) is 2.39. The molecule has 2 unspecified atom stereocenters. The monoisotopic (exact) mass is 287 g/mol. The summed E-state index contributed by atoms with van der Waals surface area (Å²) in [5, 5.41) is 8.66. The molecule has 0 aliphatic heterocycles. The van der Waals surface area contributed by atoms with Crippen molar-refractivity contribution in [3.05, 3.63) is 16.9 Å². The smallest absolute Gasteiger partial charge is 0.0834 e. The van der Waals surface area contributed by atoms with Gasteiger partial charge >= 0.3 is 0 Å². The van der Waals surface area contributed by atoms with E-state index in [1.54, 1.807) is 13.3 Å². The van der Waals surface area contributed by atoms with Crippen LogP contribution in [0, 0.1) is 0 Å². The Morgan fingerprint density at radius 1 is 1.42 bits per heavy atom. The van der Waals surface area contributed by atoms with E-state index < -0.39 is 0 Å². The first-order chi connectivity index (χ1) is 9.01. The molecule has 0 saturated carbocycles. The highest BCUT2D eigenvalue weighted by Crippen LogP contribution is 2.28. The van der Waals surface area contributed by atoms with Gasteiger partial charge in [-0.3, -0.25) is 4.68 Å². The van der Waals surface area contributed by atoms with Crippen LogP contribution in [0.25, 0.3) is 0 Å². The van der Waals surface area contributed by atoms with Crippen molar-refractivity contribution < 1.29 is 4.74 Å². The summed E-state index contributed by atoms with van der Waals surface area (Å²) >= 11 is 6.33. The molecule has 110 valence electrons. The van der Waals surface area contributed by atoms with Crippen LogP contribution in [0.4, 0.5) is 0 Å². The molecule has 0 amide bonds. The van der Waals surface area contributed by atoms with Crippen LogP contribution >= 0.6 is 11.6 Å². The van der Waals surface area contributed by atoms with Gasteiger partial charge < -0.3 is 10.1 Å². The van der Waals surface area contributed by atoms with Gasteiger partial charge in [-0.2, -0.15) is 5.10 Å². The minimum atomic E-state index is 0.173. The van der Waals surface area contributed by atoms with E-state index in [-0.39, 0.29) is 12.1 Å². The zero-order valence-electron chi connectivity index (χ0n) is 12.6. The zero-order chi connectivity index (χ0) is 14.4. The number of ether oxygens (including phenoxy) is 1. The van der Waals surface area contributed by atoms with E-state index >= 15 is 0 Å². The SMILES string of the molecule is CCCNC(CC(C)OC)c1c(Cl)cnn1C(C)C. The lowest BCUT2D eigenvalue weighted by Gasteiger charge is -2.24. The van der Waals surface area contributed by atoms with Crippen molar-refractivity contribution in [2.45, 2.75) is 58.7 Å². The van der Waals surface area contributed by atoms with Crippen LogP contribution in [0.15, 0.2) is 6.20 Å². The Balaban J connectivity index is 2.98. The summed E-state index contributed by atoms with van der Waals surface area (Å²) < 4.78 is 7.38. The molecule has 0 spiro atoms. The van der Waals surface area contributed by atoms with Crippen LogP contribution in [-0.2, 0) is 4.74 Å². The number of hydrogen-bond acceptors (Lipinski definition) is 3. The van der Waals surface area contributed by atoms with Crippen molar-refractivity contribution in [1.82, 2.24) is 15.1 Å². The van der Waals surface area contributed by atoms with Gasteiger partial charge in [0, 0.05) is 13.2 Å². The van der Waals surface area contributed by atoms with Crippen molar-refractivity contribution in [2.75, 3.05) is 13.7 Å². The molecular weight excluding hydrogens is 262 g/mol. The van der Waals surface area contributed by atoms with Crippen LogP contribution < -0.4 is 5.32 Å². The van der Waals surface area contributed by atoms with Gasteiger partial charge in [0.15, 0.2) is 0 Å². The number of nitrogens with zero attached hydrogens (tertiary/aromatic N) is 2. The zero-order valence-corrected chi connectivity index (χ0v) is 13.4. The molecule has 0 aliphatic carbocycles. The molecular formula is C14H26ClN3O. The number of halogens is 1. The lowest BCUT2D eigenvalue weighted by atomic mass is 10.1. The second kappa shape index (κ2) is 7.88. The molecule has 4 nitrogen and oxygen atoms in total. The minimum Gasteiger partial charge on any atom is -0.382 e. The van der Waals surface area contributed by atoms with Gasteiger partial charge in [-0.1, -0.05) is 18.5 Å². The van der Waals surface area contributed by atoms with E-state index in [2.05, 4.69) is 38.1 Å². The molecule has 19 heavy (non-hydrogen) atoms. The van der Waals surface area contributed by atoms with E-state index in [1.807, 2.05) is 4.68 Å². The third kappa shape index (κ3) is 4.48. The second-order valence-electron chi connectivity index (χ2n) is 5.20. The highest BCUT2D eigenvalue weighted by atomic mass is 35.5. The summed E-state index contributed by atoms with van der Waals surface area (Å²) in [5.41, 5.74) is 1.06. The average molecular weight is 288 g/mol. The molecule has 0 bridgehead atoms. The summed E-state index contributed by atoms with van der Waals surface area (Å²) in [5.74, 6) is 0. The maximum Gasteiger partial charge on any atom is 0.0834 e. The van der Waals surface area contributed by atoms with Crippen molar-refractivity contribution in [3.8, 4) is 0 Å². The van der Waals surface area contributed by atoms with Gasteiger partial charge in [0.1, 0.15) is 0 Å². The Morgan fingerprint density at radius 3 is 2.63 bits per heavy atom. The first-order valence-corrected chi connectivity index (χ1v) is 7.38. The minimum absolute atomic E-state index is 0.173. The van der Waals surface area contributed by atoms with Gasteiger partial charge in [-0.25, -0.2) is 0 Å². The highest BCUT2D eigenvalue weighted by Gasteiger charge is 2.23. The predicted molar refractivity (Wildman–Crippen MR) is 79.7 cm³/mol. The molecule has 1 heterocycles. The molecule has 0 saturated heterocycles. The van der Waals surface area contributed by atoms with Crippen LogP contribution in [-0.4, -0.2) is 29.5 Å². The maximum atomic E-state index is 6.33. The van der Waals surface area contributed by atoms with Gasteiger partial charge in [0.25, 0.3) is 0 Å². The van der Waals surface area contributed by atoms with Gasteiger partial charge in [0.2, 0.25) is 0 Å². The number of methoxy groups -OCH3 is 1. The average Bonchev–Trinajstić information content (AvgIpc) is 2.76. The van der Waals surface area contributed by atoms with E-state index in [0.29, 0.717) is 6.04 Å². The van der Waals surface area contributed by atoms with Crippen LogP contribution in [0.2, 0.25) is 5.02 Å². The summed E-state index contributed by atoms with van der Waals surface area (Å²) in [4.78, 5) is 0. The third-order valence-corrected chi connectivity index (χ3v) is 3.51. The summed E-state index contributed by atoms with van der Waals surface area (Å²) in [6.45, 7) is 9.42. The van der Waals surface area contributed by atoms with Crippen LogP contribution in [0.5, 0.6) is 0 Å². The molecule has 0 fully saturated rings. The van der Waals surface area contributed by atoms with E-state index in [1.165, 1.54) is 0 Å². The Kier molecular flexibility index (Phi) is 6.83. The summed E-state index contributed by atoms with van der Waals surface area (Å²) in [6, 6.07) is 0.471. The second-order valence-corrected chi connectivity index (χ2v) is 5.61. The first-order valence-electron chi connectivity index (χ1n) is 7.00. The molecule has 1 rings (SSSR count). The van der Waals surface area contributed by atoms with Gasteiger partial charge in [-0.05, 0) is 40.2 Å². The molecule has 1 aromatic rings. The fourth-order valence-electron chi connectivity index (χ4n) is 2.13. The molecule has 0 radical (unpaired) electrons. The topological polar surface area (TPSA) is 39.1 Å². The van der Waals surface area contributed by atoms with E-state index in [4.69, 9.17) is 16.3 Å². The van der Waals surface area contributed by atoms with E-state index in [0.717, 1.165) is 30.1 Å². The standard InChI is InChI=1S/C14H26ClN3O/c1-6-7-16-13(8-11(4)19-5)14-12(15)9-17-18(14)10(2)3/h9-11,13,16H,6-8H2,1-5H3. The summed E-state index contributed by atoms with van der Waals surface area (Å²) in [6.07, 6.45) is 3.88. The molecule has 0 aliphatic rings. The molecule has 5 heteroatoms. The number of hydrogen-bond donors (Lipinski definition) is 1. The largest absolute Gasteiger partial charge is 0.382 e. The number of nitrogens with one attached hydrogen (secondary N) is 1.